The van der Waals surface area contributed by atoms with Gasteiger partial charge < -0.3 is 0 Å². The van der Waals surface area contributed by atoms with Crippen molar-refractivity contribution in [3.8, 4) is 0 Å². The van der Waals surface area contributed by atoms with E-state index in [2.05, 4.69) is 15.9 Å². The van der Waals surface area contributed by atoms with Gasteiger partial charge in [-0.3, -0.25) is 4.79 Å². The molecule has 1 aliphatic rings. The molecule has 0 aliphatic heterocycles. The Bertz CT molecular complexity index is 437. The van der Waals surface area contributed by atoms with Crippen LogP contribution in [0.25, 0.3) is 0 Å². The zero-order valence-corrected chi connectivity index (χ0v) is 10.4. The van der Waals surface area contributed by atoms with Crippen LogP contribution in [-0.2, 0) is 11.2 Å². The van der Waals surface area contributed by atoms with Crippen molar-refractivity contribution in [1.29, 1.82) is 0 Å². The lowest BCUT2D eigenvalue weighted by atomic mass is 10.1. The topological polar surface area (TPSA) is 17.1 Å². The van der Waals surface area contributed by atoms with Gasteiger partial charge in [0.1, 0.15) is 0 Å². The largest absolute Gasteiger partial charge is 0.295 e. The first-order chi connectivity index (χ1) is 7.15. The van der Waals surface area contributed by atoms with Crippen LogP contribution in [0.15, 0.2) is 34.3 Å². The van der Waals surface area contributed by atoms with Crippen molar-refractivity contribution in [2.75, 3.05) is 0 Å². The Balaban J connectivity index is 2.18. The van der Waals surface area contributed by atoms with Crippen LogP contribution >= 0.6 is 27.5 Å². The van der Waals surface area contributed by atoms with Crippen LogP contribution in [0.1, 0.15) is 18.4 Å². The van der Waals surface area contributed by atoms with Crippen LogP contribution in [0.2, 0.25) is 5.02 Å². The summed E-state index contributed by atoms with van der Waals surface area (Å²) >= 11 is 9.47. The molecule has 0 saturated heterocycles. The summed E-state index contributed by atoms with van der Waals surface area (Å²) in [5.74, 6) is 0.234. The first-order valence-electron chi connectivity index (χ1n) is 4.81. The van der Waals surface area contributed by atoms with Crippen LogP contribution in [-0.4, -0.2) is 5.78 Å². The van der Waals surface area contributed by atoms with Gasteiger partial charge in [0, 0.05) is 15.9 Å². The van der Waals surface area contributed by atoms with Crippen molar-refractivity contribution in [3.63, 3.8) is 0 Å². The van der Waals surface area contributed by atoms with Gasteiger partial charge >= 0.3 is 0 Å². The number of ketones is 1. The van der Waals surface area contributed by atoms with Gasteiger partial charge in [0.15, 0.2) is 5.78 Å². The average Bonchev–Trinajstić information content (AvgIpc) is 2.56. The second-order valence-corrected chi connectivity index (χ2v) is 5.00. The van der Waals surface area contributed by atoms with Gasteiger partial charge in [-0.25, -0.2) is 0 Å². The number of benzene rings is 1. The van der Waals surface area contributed by atoms with E-state index in [1.54, 1.807) is 6.08 Å². The average molecular weight is 286 g/mol. The molecule has 2 rings (SSSR count). The van der Waals surface area contributed by atoms with E-state index < -0.39 is 0 Å². The molecular formula is C12H10BrClO. The SMILES string of the molecule is O=C1C=C(Cc2ccc(Br)cc2Cl)CC1. The van der Waals surface area contributed by atoms with E-state index in [4.69, 9.17) is 11.6 Å². The lowest BCUT2D eigenvalue weighted by Gasteiger charge is -2.05. The summed E-state index contributed by atoms with van der Waals surface area (Å²) in [6.07, 6.45) is 4.07. The molecule has 1 aromatic carbocycles. The Morgan fingerprint density at radius 3 is 2.73 bits per heavy atom. The van der Waals surface area contributed by atoms with Crippen molar-refractivity contribution in [1.82, 2.24) is 0 Å². The number of hydrogen-bond acceptors (Lipinski definition) is 1. The molecule has 1 nitrogen and oxygen atoms in total. The van der Waals surface area contributed by atoms with Gasteiger partial charge in [-0.1, -0.05) is 39.2 Å². The lowest BCUT2D eigenvalue weighted by Crippen LogP contribution is -1.89. The zero-order chi connectivity index (χ0) is 10.8. The van der Waals surface area contributed by atoms with E-state index >= 15 is 0 Å². The number of carbonyl (C=O) groups is 1. The molecule has 0 fully saturated rings. The highest BCUT2D eigenvalue weighted by Gasteiger charge is 2.13. The molecule has 0 heterocycles. The highest BCUT2D eigenvalue weighted by molar-refractivity contribution is 9.10. The summed E-state index contributed by atoms with van der Waals surface area (Å²) in [4.78, 5) is 11.1. The van der Waals surface area contributed by atoms with E-state index in [-0.39, 0.29) is 5.78 Å². The van der Waals surface area contributed by atoms with Gasteiger partial charge in [0.05, 0.1) is 0 Å². The first kappa shape index (κ1) is 10.9. The second kappa shape index (κ2) is 4.50. The quantitative estimate of drug-likeness (QED) is 0.804. The first-order valence-corrected chi connectivity index (χ1v) is 5.98. The van der Waals surface area contributed by atoms with E-state index in [0.29, 0.717) is 6.42 Å². The summed E-state index contributed by atoms with van der Waals surface area (Å²) in [7, 11) is 0. The molecule has 0 spiro atoms. The molecule has 15 heavy (non-hydrogen) atoms. The molecule has 0 N–H and O–H groups in total. The summed E-state index contributed by atoms with van der Waals surface area (Å²) in [6, 6.07) is 5.85. The standard InChI is InChI=1S/C12H10BrClO/c13-10-3-2-9(12(14)7-10)5-8-1-4-11(15)6-8/h2-3,6-7H,1,4-5H2. The predicted molar refractivity (Wildman–Crippen MR) is 65.2 cm³/mol. The molecule has 78 valence electrons. The highest BCUT2D eigenvalue weighted by Crippen LogP contribution is 2.26. The lowest BCUT2D eigenvalue weighted by molar-refractivity contribution is -0.114. The number of hydrogen-bond donors (Lipinski definition) is 0. The van der Waals surface area contributed by atoms with Gasteiger partial charge in [-0.05, 0) is 36.6 Å². The monoisotopic (exact) mass is 284 g/mol. The van der Waals surface area contributed by atoms with Gasteiger partial charge in [0.25, 0.3) is 0 Å². The summed E-state index contributed by atoms with van der Waals surface area (Å²) < 4.78 is 0.979. The fraction of sp³-hybridized carbons (Fsp3) is 0.250. The van der Waals surface area contributed by atoms with E-state index in [9.17, 15) is 4.79 Å². The molecule has 3 heteroatoms. The molecule has 0 bridgehead atoms. The van der Waals surface area contributed by atoms with Crippen molar-refractivity contribution in [2.45, 2.75) is 19.3 Å². The molecular weight excluding hydrogens is 275 g/mol. The van der Waals surface area contributed by atoms with Crippen molar-refractivity contribution < 1.29 is 4.79 Å². The van der Waals surface area contributed by atoms with E-state index in [1.165, 1.54) is 5.57 Å². The molecule has 0 amide bonds. The van der Waals surface area contributed by atoms with Gasteiger partial charge in [0.2, 0.25) is 0 Å². The minimum absolute atomic E-state index is 0.234. The Labute approximate surface area is 102 Å². The molecule has 0 unspecified atom stereocenters. The highest BCUT2D eigenvalue weighted by atomic mass is 79.9. The van der Waals surface area contributed by atoms with Crippen molar-refractivity contribution in [2.24, 2.45) is 0 Å². The number of rotatable bonds is 2. The zero-order valence-electron chi connectivity index (χ0n) is 8.09. The van der Waals surface area contributed by atoms with Crippen LogP contribution in [0.4, 0.5) is 0 Å². The number of halogens is 2. The maximum Gasteiger partial charge on any atom is 0.155 e. The fourth-order valence-corrected chi connectivity index (χ4v) is 2.45. The Morgan fingerprint density at radius 2 is 2.13 bits per heavy atom. The third kappa shape index (κ3) is 2.70. The normalized spacial score (nSPS) is 15.6. The van der Waals surface area contributed by atoms with E-state index in [1.807, 2.05) is 18.2 Å². The fourth-order valence-electron chi connectivity index (χ4n) is 1.70. The molecule has 1 aliphatic carbocycles. The van der Waals surface area contributed by atoms with Gasteiger partial charge in [-0.2, -0.15) is 0 Å². The van der Waals surface area contributed by atoms with Gasteiger partial charge in [-0.15, -0.1) is 0 Å². The summed E-state index contributed by atoms with van der Waals surface area (Å²) in [5.41, 5.74) is 2.27. The number of allylic oxidation sites excluding steroid dienone is 2. The number of carbonyl (C=O) groups excluding carboxylic acids is 1. The third-order valence-electron chi connectivity index (χ3n) is 2.49. The smallest absolute Gasteiger partial charge is 0.155 e. The van der Waals surface area contributed by atoms with Crippen molar-refractivity contribution >= 4 is 33.3 Å². The van der Waals surface area contributed by atoms with Crippen LogP contribution < -0.4 is 0 Å². The molecule has 0 atom stereocenters. The Kier molecular flexibility index (Phi) is 3.27. The van der Waals surface area contributed by atoms with Crippen LogP contribution in [0.3, 0.4) is 0 Å². The minimum atomic E-state index is 0.234. The Hall–Kier alpha value is -0.600. The molecule has 0 radical (unpaired) electrons. The maximum absolute atomic E-state index is 11.1. The van der Waals surface area contributed by atoms with Crippen LogP contribution in [0, 0.1) is 0 Å². The summed E-state index contributed by atoms with van der Waals surface area (Å²) in [6.45, 7) is 0. The maximum atomic E-state index is 11.1. The minimum Gasteiger partial charge on any atom is -0.295 e. The summed E-state index contributed by atoms with van der Waals surface area (Å²) in [5, 5.41) is 0.754. The van der Waals surface area contributed by atoms with E-state index in [0.717, 1.165) is 27.9 Å². The third-order valence-corrected chi connectivity index (χ3v) is 3.34. The Morgan fingerprint density at radius 1 is 1.33 bits per heavy atom. The molecule has 0 saturated carbocycles. The van der Waals surface area contributed by atoms with Crippen LogP contribution in [0.5, 0.6) is 0 Å². The second-order valence-electron chi connectivity index (χ2n) is 3.68. The molecule has 1 aromatic rings. The predicted octanol–water partition coefficient (Wildman–Crippen LogP) is 3.93. The van der Waals surface area contributed by atoms with Crippen molar-refractivity contribution in [3.05, 3.63) is 44.9 Å². The molecule has 0 aromatic heterocycles.